The molecule has 1 atom stereocenters. The highest BCUT2D eigenvalue weighted by atomic mass is 35.5. The molecule has 1 aliphatic rings. The van der Waals surface area contributed by atoms with Gasteiger partial charge in [0.05, 0.1) is 10.4 Å². The van der Waals surface area contributed by atoms with E-state index in [4.69, 9.17) is 11.6 Å². The third kappa shape index (κ3) is 4.42. The first-order valence-electron chi connectivity index (χ1n) is 10.6. The fourth-order valence-electron chi connectivity index (χ4n) is 4.34. The number of benzene rings is 1. The maximum Gasteiger partial charge on any atom is 0.261 e. The number of pyridine rings is 1. The van der Waals surface area contributed by atoms with E-state index in [0.29, 0.717) is 22.6 Å². The van der Waals surface area contributed by atoms with Crippen LogP contribution >= 0.6 is 22.9 Å². The lowest BCUT2D eigenvalue weighted by Gasteiger charge is -2.35. The average molecular weight is 430 g/mol. The lowest BCUT2D eigenvalue weighted by atomic mass is 10.00. The van der Waals surface area contributed by atoms with Crippen molar-refractivity contribution < 1.29 is 4.79 Å². The van der Waals surface area contributed by atoms with Crippen LogP contribution in [-0.4, -0.2) is 41.5 Å². The number of hydrogen-bond acceptors (Lipinski definition) is 4. The summed E-state index contributed by atoms with van der Waals surface area (Å²) in [6, 6.07) is 8.73. The topological polar surface area (TPSA) is 45.2 Å². The van der Waals surface area contributed by atoms with Crippen LogP contribution in [0.1, 0.15) is 54.3 Å². The van der Waals surface area contributed by atoms with E-state index in [1.165, 1.54) is 49.1 Å². The Kier molecular flexibility index (Phi) is 6.38. The van der Waals surface area contributed by atoms with Gasteiger partial charge in [0.25, 0.3) is 5.91 Å². The van der Waals surface area contributed by atoms with E-state index in [-0.39, 0.29) is 5.91 Å². The number of likely N-dealkylation sites (tertiary alicyclic amines) is 1. The van der Waals surface area contributed by atoms with Crippen molar-refractivity contribution in [3.63, 3.8) is 0 Å². The lowest BCUT2D eigenvalue weighted by molar-refractivity contribution is 0.0951. The van der Waals surface area contributed by atoms with Crippen molar-refractivity contribution >= 4 is 49.8 Å². The predicted molar refractivity (Wildman–Crippen MR) is 123 cm³/mol. The minimum atomic E-state index is -0.0197. The van der Waals surface area contributed by atoms with Crippen molar-refractivity contribution in [3.05, 3.63) is 39.9 Å². The molecule has 154 valence electrons. The first-order valence-corrected chi connectivity index (χ1v) is 11.8. The van der Waals surface area contributed by atoms with Crippen molar-refractivity contribution in [3.8, 4) is 0 Å². The van der Waals surface area contributed by atoms with E-state index in [0.717, 1.165) is 34.0 Å². The highest BCUT2D eigenvalue weighted by molar-refractivity contribution is 7.21. The van der Waals surface area contributed by atoms with Crippen LogP contribution in [0.3, 0.4) is 0 Å². The fraction of sp³-hybridized carbons (Fsp3) is 0.478. The fourth-order valence-corrected chi connectivity index (χ4v) is 5.74. The Morgan fingerprint density at radius 3 is 3.00 bits per heavy atom. The quantitative estimate of drug-likeness (QED) is 0.398. The molecule has 0 radical (unpaired) electrons. The van der Waals surface area contributed by atoms with E-state index >= 15 is 0 Å². The number of amides is 1. The molecular formula is C23H28ClN3OS. The zero-order valence-electron chi connectivity index (χ0n) is 17.1. The molecule has 6 heteroatoms. The molecule has 1 unspecified atom stereocenters. The zero-order chi connectivity index (χ0) is 20.4. The number of aromatic nitrogens is 1. The molecular weight excluding hydrogens is 402 g/mol. The van der Waals surface area contributed by atoms with Gasteiger partial charge in [-0.3, -0.25) is 4.79 Å². The molecule has 0 saturated carbocycles. The molecule has 1 amide bonds. The summed E-state index contributed by atoms with van der Waals surface area (Å²) in [6.07, 6.45) is 6.16. The van der Waals surface area contributed by atoms with E-state index in [2.05, 4.69) is 35.1 Å². The van der Waals surface area contributed by atoms with Crippen molar-refractivity contribution in [2.75, 3.05) is 19.6 Å². The highest BCUT2D eigenvalue weighted by Gasteiger charge is 2.20. The van der Waals surface area contributed by atoms with Gasteiger partial charge in [0, 0.05) is 34.6 Å². The van der Waals surface area contributed by atoms with Crippen LogP contribution in [-0.2, 0) is 0 Å². The molecule has 0 spiro atoms. The van der Waals surface area contributed by atoms with Crippen LogP contribution in [0, 0.1) is 6.92 Å². The first kappa shape index (κ1) is 20.6. The van der Waals surface area contributed by atoms with Gasteiger partial charge in [0.2, 0.25) is 0 Å². The second-order valence-electron chi connectivity index (χ2n) is 7.98. The molecule has 0 bridgehead atoms. The molecule has 1 fully saturated rings. The minimum Gasteiger partial charge on any atom is -0.351 e. The summed E-state index contributed by atoms with van der Waals surface area (Å²) in [5, 5.41) is 5.47. The molecule has 0 aliphatic carbocycles. The molecule has 1 aromatic carbocycles. The smallest absolute Gasteiger partial charge is 0.261 e. The standard InChI is InChI=1S/C23H28ClN3OS/c1-3-16-7-4-5-11-27(16)12-6-10-25-23(28)20-14-18-21(29-20)17-13-15(2)8-9-19(17)26-22(18)24/h8-9,13-14,16H,3-7,10-12H2,1-2H3,(H,25,28). The van der Waals surface area contributed by atoms with Gasteiger partial charge < -0.3 is 10.2 Å². The average Bonchev–Trinajstić information content (AvgIpc) is 3.18. The third-order valence-electron chi connectivity index (χ3n) is 5.92. The normalized spacial score (nSPS) is 17.8. The van der Waals surface area contributed by atoms with Crippen LogP contribution in [0.25, 0.3) is 21.0 Å². The van der Waals surface area contributed by atoms with E-state index < -0.39 is 0 Å². The number of hydrogen-bond donors (Lipinski definition) is 1. The van der Waals surface area contributed by atoms with Crippen LogP contribution in [0.4, 0.5) is 0 Å². The highest BCUT2D eigenvalue weighted by Crippen LogP contribution is 2.36. The van der Waals surface area contributed by atoms with Gasteiger partial charge in [-0.1, -0.05) is 36.6 Å². The number of nitrogens with one attached hydrogen (secondary N) is 1. The number of fused-ring (bicyclic) bond motifs is 3. The van der Waals surface area contributed by atoms with Crippen LogP contribution < -0.4 is 5.32 Å². The molecule has 1 aliphatic heterocycles. The Balaban J connectivity index is 1.43. The summed E-state index contributed by atoms with van der Waals surface area (Å²) in [7, 11) is 0. The van der Waals surface area contributed by atoms with E-state index in [1.807, 2.05) is 18.2 Å². The maximum atomic E-state index is 12.7. The summed E-state index contributed by atoms with van der Waals surface area (Å²) in [6.45, 7) is 7.29. The summed E-state index contributed by atoms with van der Waals surface area (Å²) >= 11 is 7.89. The molecule has 29 heavy (non-hydrogen) atoms. The Hall–Kier alpha value is -1.69. The van der Waals surface area contributed by atoms with Gasteiger partial charge in [-0.2, -0.15) is 0 Å². The van der Waals surface area contributed by atoms with Crippen LogP contribution in [0.15, 0.2) is 24.3 Å². The van der Waals surface area contributed by atoms with Gasteiger partial charge in [0.15, 0.2) is 0 Å². The minimum absolute atomic E-state index is 0.0197. The van der Waals surface area contributed by atoms with Crippen molar-refractivity contribution in [1.82, 2.24) is 15.2 Å². The van der Waals surface area contributed by atoms with Crippen LogP contribution in [0.5, 0.6) is 0 Å². The van der Waals surface area contributed by atoms with Crippen molar-refractivity contribution in [1.29, 1.82) is 0 Å². The number of nitrogens with zero attached hydrogens (tertiary/aromatic N) is 2. The number of aryl methyl sites for hydroxylation is 1. The number of rotatable bonds is 6. The van der Waals surface area contributed by atoms with Gasteiger partial charge >= 0.3 is 0 Å². The number of halogens is 1. The molecule has 1 N–H and O–H groups in total. The molecule has 4 rings (SSSR count). The Labute approximate surface area is 181 Å². The summed E-state index contributed by atoms with van der Waals surface area (Å²) in [5.41, 5.74) is 2.04. The maximum absolute atomic E-state index is 12.7. The predicted octanol–water partition coefficient (Wildman–Crippen LogP) is 5.80. The van der Waals surface area contributed by atoms with E-state index in [9.17, 15) is 4.79 Å². The van der Waals surface area contributed by atoms with Gasteiger partial charge in [-0.25, -0.2) is 4.98 Å². The second kappa shape index (κ2) is 8.99. The molecule has 1 saturated heterocycles. The Morgan fingerprint density at radius 1 is 1.31 bits per heavy atom. The third-order valence-corrected chi connectivity index (χ3v) is 7.38. The molecule has 3 heterocycles. The van der Waals surface area contributed by atoms with Crippen molar-refractivity contribution in [2.45, 2.75) is 52.0 Å². The second-order valence-corrected chi connectivity index (χ2v) is 9.39. The molecule has 3 aromatic rings. The molecule has 2 aromatic heterocycles. The van der Waals surface area contributed by atoms with Gasteiger partial charge in [-0.05, 0) is 57.4 Å². The number of thiophene rings is 1. The summed E-state index contributed by atoms with van der Waals surface area (Å²) < 4.78 is 1.04. The lowest BCUT2D eigenvalue weighted by Crippen LogP contribution is -2.40. The summed E-state index contributed by atoms with van der Waals surface area (Å²) in [5.74, 6) is -0.0197. The number of carbonyl (C=O) groups excluding carboxylic acids is 1. The number of carbonyl (C=O) groups is 1. The Morgan fingerprint density at radius 2 is 2.17 bits per heavy atom. The monoisotopic (exact) mass is 429 g/mol. The Bertz CT molecular complexity index is 1030. The largest absolute Gasteiger partial charge is 0.351 e. The van der Waals surface area contributed by atoms with Crippen LogP contribution in [0.2, 0.25) is 5.15 Å². The molecule has 4 nitrogen and oxygen atoms in total. The van der Waals surface area contributed by atoms with E-state index in [1.54, 1.807) is 0 Å². The number of piperidine rings is 1. The summed E-state index contributed by atoms with van der Waals surface area (Å²) in [4.78, 5) is 20.5. The first-order chi connectivity index (χ1) is 14.1. The van der Waals surface area contributed by atoms with Gasteiger partial charge in [-0.15, -0.1) is 11.3 Å². The van der Waals surface area contributed by atoms with Gasteiger partial charge in [0.1, 0.15) is 5.15 Å². The van der Waals surface area contributed by atoms with Crippen molar-refractivity contribution in [2.24, 2.45) is 0 Å². The zero-order valence-corrected chi connectivity index (χ0v) is 18.7. The SMILES string of the molecule is CCC1CCCCN1CCCNC(=O)c1cc2c(Cl)nc3ccc(C)cc3c2s1.